The summed E-state index contributed by atoms with van der Waals surface area (Å²) in [7, 11) is 0. The molecular weight excluding hydrogens is 262 g/mol. The maximum Gasteiger partial charge on any atom is 0.144 e. The van der Waals surface area contributed by atoms with E-state index in [1.54, 1.807) is 0 Å². The lowest BCUT2D eigenvalue weighted by Gasteiger charge is -2.36. The second kappa shape index (κ2) is 6.73. The van der Waals surface area contributed by atoms with Crippen LogP contribution in [0.25, 0.3) is 0 Å². The van der Waals surface area contributed by atoms with Crippen molar-refractivity contribution < 1.29 is 4.79 Å². The molecule has 0 saturated carbocycles. The molecule has 1 fully saturated rings. The van der Waals surface area contributed by atoms with Crippen LogP contribution in [-0.4, -0.2) is 28.7 Å². The molecule has 1 aromatic rings. The van der Waals surface area contributed by atoms with E-state index in [4.69, 9.17) is 0 Å². The Labute approximate surface area is 128 Å². The molecule has 1 saturated heterocycles. The van der Waals surface area contributed by atoms with Gasteiger partial charge in [-0.2, -0.15) is 5.10 Å². The summed E-state index contributed by atoms with van der Waals surface area (Å²) >= 11 is 0. The highest BCUT2D eigenvalue weighted by atomic mass is 16.1. The number of hydrogen-bond acceptors (Lipinski definition) is 3. The first-order chi connectivity index (χ1) is 9.98. The number of nitrogens with one attached hydrogen (secondary N) is 1. The van der Waals surface area contributed by atoms with E-state index >= 15 is 0 Å². The van der Waals surface area contributed by atoms with Crippen LogP contribution in [0.3, 0.4) is 0 Å². The largest absolute Gasteiger partial charge is 0.316 e. The second-order valence-electron chi connectivity index (χ2n) is 6.66. The highest BCUT2D eigenvalue weighted by molar-refractivity contribution is 5.86. The number of carbonyl (C=O) groups is 1. The van der Waals surface area contributed by atoms with Gasteiger partial charge < -0.3 is 5.32 Å². The molecular formula is C17H29N3O. The standard InChI is InChI=1S/C17H29N3O/c1-5-14-10-15(20(6-2)19-14)11-16(21)17(3,4)13-8-7-9-18-12-13/h10,13,18H,5-9,11-12H2,1-4H3. The van der Waals surface area contributed by atoms with E-state index in [9.17, 15) is 4.79 Å². The lowest BCUT2D eigenvalue weighted by molar-refractivity contribution is -0.129. The SMILES string of the molecule is CCc1cc(CC(=O)C(C)(C)C2CCCNC2)n(CC)n1. The number of carbonyl (C=O) groups excluding carboxylic acids is 1. The molecule has 0 spiro atoms. The molecule has 1 aliphatic heterocycles. The zero-order valence-electron chi connectivity index (χ0n) is 13.9. The maximum absolute atomic E-state index is 12.8. The Bertz CT molecular complexity index is 484. The van der Waals surface area contributed by atoms with Gasteiger partial charge in [-0.3, -0.25) is 9.48 Å². The van der Waals surface area contributed by atoms with Gasteiger partial charge in [0, 0.05) is 24.1 Å². The third kappa shape index (κ3) is 3.54. The van der Waals surface area contributed by atoms with Gasteiger partial charge in [0.1, 0.15) is 5.78 Å². The molecule has 1 atom stereocenters. The first-order valence-corrected chi connectivity index (χ1v) is 8.28. The fourth-order valence-electron chi connectivity index (χ4n) is 3.19. The first kappa shape index (κ1) is 16.2. The molecule has 0 aromatic carbocycles. The number of aryl methyl sites for hydroxylation is 2. The third-order valence-corrected chi connectivity index (χ3v) is 4.95. The topological polar surface area (TPSA) is 46.9 Å². The predicted molar refractivity (Wildman–Crippen MR) is 85.4 cm³/mol. The minimum atomic E-state index is -0.261. The fraction of sp³-hybridized carbons (Fsp3) is 0.765. The molecule has 118 valence electrons. The third-order valence-electron chi connectivity index (χ3n) is 4.95. The number of ketones is 1. The van der Waals surface area contributed by atoms with Gasteiger partial charge in [0.25, 0.3) is 0 Å². The van der Waals surface area contributed by atoms with Gasteiger partial charge in [-0.1, -0.05) is 20.8 Å². The highest BCUT2D eigenvalue weighted by Crippen LogP contribution is 2.33. The normalized spacial score (nSPS) is 19.7. The van der Waals surface area contributed by atoms with Gasteiger partial charge in [-0.05, 0) is 51.3 Å². The summed E-state index contributed by atoms with van der Waals surface area (Å²) < 4.78 is 1.98. The van der Waals surface area contributed by atoms with Crippen LogP contribution >= 0.6 is 0 Å². The lowest BCUT2D eigenvalue weighted by atomic mass is 9.71. The van der Waals surface area contributed by atoms with Crippen molar-refractivity contribution in [3.63, 3.8) is 0 Å². The zero-order chi connectivity index (χ0) is 15.5. The second-order valence-corrected chi connectivity index (χ2v) is 6.66. The van der Waals surface area contributed by atoms with Crippen molar-refractivity contribution >= 4 is 5.78 Å². The van der Waals surface area contributed by atoms with Crippen LogP contribution in [0.4, 0.5) is 0 Å². The monoisotopic (exact) mass is 291 g/mol. The molecule has 21 heavy (non-hydrogen) atoms. The summed E-state index contributed by atoms with van der Waals surface area (Å²) in [4.78, 5) is 12.8. The van der Waals surface area contributed by atoms with Gasteiger partial charge in [0.05, 0.1) is 5.69 Å². The van der Waals surface area contributed by atoms with Crippen molar-refractivity contribution in [1.82, 2.24) is 15.1 Å². The number of hydrogen-bond donors (Lipinski definition) is 1. The quantitative estimate of drug-likeness (QED) is 0.876. The van der Waals surface area contributed by atoms with Crippen LogP contribution in [0, 0.1) is 11.3 Å². The Balaban J connectivity index is 2.10. The molecule has 2 heterocycles. The van der Waals surface area contributed by atoms with E-state index in [0.717, 1.165) is 43.9 Å². The zero-order valence-corrected chi connectivity index (χ0v) is 13.9. The van der Waals surface area contributed by atoms with E-state index in [1.807, 2.05) is 4.68 Å². The Kier molecular flexibility index (Phi) is 5.20. The Morgan fingerprint density at radius 2 is 2.24 bits per heavy atom. The first-order valence-electron chi connectivity index (χ1n) is 8.28. The van der Waals surface area contributed by atoms with Crippen LogP contribution in [0.2, 0.25) is 0 Å². The van der Waals surface area contributed by atoms with Crippen LogP contribution in [0.1, 0.15) is 51.9 Å². The number of rotatable bonds is 6. The Hall–Kier alpha value is -1.16. The van der Waals surface area contributed by atoms with Crippen molar-refractivity contribution in [3.05, 3.63) is 17.5 Å². The number of piperidine rings is 1. The number of aromatic nitrogens is 2. The van der Waals surface area contributed by atoms with Gasteiger partial charge in [-0.15, -0.1) is 0 Å². The van der Waals surface area contributed by atoms with Gasteiger partial charge in [-0.25, -0.2) is 0 Å². The average Bonchev–Trinajstić information content (AvgIpc) is 2.90. The molecule has 0 amide bonds. The van der Waals surface area contributed by atoms with E-state index < -0.39 is 0 Å². The summed E-state index contributed by atoms with van der Waals surface area (Å²) in [6.45, 7) is 11.3. The summed E-state index contributed by atoms with van der Waals surface area (Å²) in [5.41, 5.74) is 1.89. The minimum absolute atomic E-state index is 0.261. The Morgan fingerprint density at radius 1 is 1.48 bits per heavy atom. The average molecular weight is 291 g/mol. The summed E-state index contributed by atoms with van der Waals surface area (Å²) in [5.74, 6) is 0.788. The highest BCUT2D eigenvalue weighted by Gasteiger charge is 2.37. The molecule has 4 nitrogen and oxygen atoms in total. The van der Waals surface area contributed by atoms with Crippen LogP contribution in [-0.2, 0) is 24.2 Å². The fourth-order valence-corrected chi connectivity index (χ4v) is 3.19. The molecule has 0 radical (unpaired) electrons. The van der Waals surface area contributed by atoms with Gasteiger partial charge >= 0.3 is 0 Å². The molecule has 1 unspecified atom stereocenters. The van der Waals surface area contributed by atoms with Crippen molar-refractivity contribution in [3.8, 4) is 0 Å². The molecule has 1 aliphatic rings. The molecule has 1 N–H and O–H groups in total. The predicted octanol–water partition coefficient (Wildman–Crippen LogP) is 2.60. The van der Waals surface area contributed by atoms with Crippen molar-refractivity contribution in [2.75, 3.05) is 13.1 Å². The molecule has 0 aliphatic carbocycles. The number of nitrogens with zero attached hydrogens (tertiary/aromatic N) is 2. The summed E-state index contributed by atoms with van der Waals surface area (Å²) in [6, 6.07) is 2.09. The number of Topliss-reactive ketones (excluding diaryl/α,β-unsaturated/α-hetero) is 1. The smallest absolute Gasteiger partial charge is 0.144 e. The maximum atomic E-state index is 12.8. The molecule has 0 bridgehead atoms. The molecule has 1 aromatic heterocycles. The Morgan fingerprint density at radius 3 is 2.81 bits per heavy atom. The minimum Gasteiger partial charge on any atom is -0.316 e. The van der Waals surface area contributed by atoms with E-state index in [1.165, 1.54) is 6.42 Å². The molecule has 2 rings (SSSR count). The van der Waals surface area contributed by atoms with Crippen LogP contribution in [0.5, 0.6) is 0 Å². The lowest BCUT2D eigenvalue weighted by Crippen LogP contribution is -2.43. The van der Waals surface area contributed by atoms with Gasteiger partial charge in [0.2, 0.25) is 0 Å². The van der Waals surface area contributed by atoms with Crippen LogP contribution < -0.4 is 5.32 Å². The van der Waals surface area contributed by atoms with E-state index in [2.05, 4.69) is 44.2 Å². The van der Waals surface area contributed by atoms with Crippen molar-refractivity contribution in [1.29, 1.82) is 0 Å². The van der Waals surface area contributed by atoms with Crippen LogP contribution in [0.15, 0.2) is 6.07 Å². The van der Waals surface area contributed by atoms with E-state index in [0.29, 0.717) is 18.1 Å². The summed E-state index contributed by atoms with van der Waals surface area (Å²) in [5, 5.41) is 7.97. The molecule has 4 heteroatoms. The summed E-state index contributed by atoms with van der Waals surface area (Å²) in [6.07, 6.45) is 3.75. The van der Waals surface area contributed by atoms with Gasteiger partial charge in [0.15, 0.2) is 0 Å². The van der Waals surface area contributed by atoms with Crippen molar-refractivity contribution in [2.45, 2.75) is 59.9 Å². The van der Waals surface area contributed by atoms with Crippen molar-refractivity contribution in [2.24, 2.45) is 11.3 Å². The van der Waals surface area contributed by atoms with E-state index in [-0.39, 0.29) is 5.41 Å².